The van der Waals surface area contributed by atoms with Gasteiger partial charge in [-0.3, -0.25) is 0 Å². The zero-order valence-corrected chi connectivity index (χ0v) is 12.0. The minimum atomic E-state index is -1.41. The van der Waals surface area contributed by atoms with Gasteiger partial charge in [-0.1, -0.05) is 19.8 Å². The van der Waals surface area contributed by atoms with Crippen LogP contribution in [0.4, 0.5) is 0 Å². The fourth-order valence-electron chi connectivity index (χ4n) is 1.63. The summed E-state index contributed by atoms with van der Waals surface area (Å²) < 4.78 is 11.5. The van der Waals surface area contributed by atoms with E-state index in [0.717, 1.165) is 18.8 Å². The topological polar surface area (TPSA) is 22.4 Å². The van der Waals surface area contributed by atoms with E-state index in [2.05, 4.69) is 32.6 Å². The van der Waals surface area contributed by atoms with Gasteiger partial charge in [-0.15, -0.1) is 0 Å². The molecule has 0 radical (unpaired) electrons. The summed E-state index contributed by atoms with van der Waals surface area (Å²) in [6.45, 7) is 9.71. The lowest BCUT2D eigenvalue weighted by Crippen LogP contribution is -2.28. The van der Waals surface area contributed by atoms with Gasteiger partial charge < -0.3 is 8.84 Å². The second-order valence-corrected chi connectivity index (χ2v) is 9.79. The number of hydrogen-bond donors (Lipinski definition) is 0. The van der Waals surface area contributed by atoms with Crippen molar-refractivity contribution in [2.75, 3.05) is 6.61 Å². The maximum absolute atomic E-state index is 5.99. The molecule has 0 aliphatic heterocycles. The van der Waals surface area contributed by atoms with Crippen LogP contribution >= 0.6 is 0 Å². The Morgan fingerprint density at radius 2 is 2.12 bits per heavy atom. The van der Waals surface area contributed by atoms with Crippen molar-refractivity contribution in [3.63, 3.8) is 0 Å². The molecule has 1 heterocycles. The van der Waals surface area contributed by atoms with E-state index in [-0.39, 0.29) is 0 Å². The van der Waals surface area contributed by atoms with E-state index in [1.807, 2.05) is 6.07 Å². The lowest BCUT2D eigenvalue weighted by molar-refractivity contribution is 0.255. The molecule has 0 aromatic carbocycles. The van der Waals surface area contributed by atoms with Crippen LogP contribution in [0.15, 0.2) is 22.8 Å². The van der Waals surface area contributed by atoms with Crippen molar-refractivity contribution in [1.82, 2.24) is 0 Å². The second kappa shape index (κ2) is 6.26. The van der Waals surface area contributed by atoms with Crippen LogP contribution in [0.25, 0.3) is 0 Å². The van der Waals surface area contributed by atoms with Gasteiger partial charge >= 0.3 is 0 Å². The molecule has 0 spiro atoms. The molecule has 1 aromatic heterocycles. The average molecular weight is 240 g/mol. The Bertz CT molecular complexity index is 275. The summed E-state index contributed by atoms with van der Waals surface area (Å²) in [7, 11) is -1.41. The Labute approximate surface area is 100 Å². The zero-order valence-electron chi connectivity index (χ0n) is 11.0. The zero-order chi connectivity index (χ0) is 12.0. The maximum Gasteiger partial charge on any atom is 0.183 e. The van der Waals surface area contributed by atoms with Gasteiger partial charge in [0.1, 0.15) is 5.76 Å². The summed E-state index contributed by atoms with van der Waals surface area (Å²) in [4.78, 5) is 0. The van der Waals surface area contributed by atoms with E-state index in [4.69, 9.17) is 8.84 Å². The van der Waals surface area contributed by atoms with Crippen LogP contribution in [-0.4, -0.2) is 14.9 Å². The minimum absolute atomic E-state index is 0.432. The molecule has 0 saturated carbocycles. The molecule has 0 fully saturated rings. The highest BCUT2D eigenvalue weighted by Crippen LogP contribution is 2.24. The van der Waals surface area contributed by atoms with Crippen molar-refractivity contribution < 1.29 is 8.84 Å². The molecule has 0 aliphatic carbocycles. The van der Waals surface area contributed by atoms with Crippen molar-refractivity contribution in [2.45, 2.75) is 51.7 Å². The van der Waals surface area contributed by atoms with Crippen molar-refractivity contribution >= 4 is 8.32 Å². The highest BCUT2D eigenvalue weighted by molar-refractivity contribution is 6.69. The number of hydrogen-bond acceptors (Lipinski definition) is 2. The fraction of sp³-hybridized carbons (Fsp3) is 0.692. The third-order valence-electron chi connectivity index (χ3n) is 2.57. The van der Waals surface area contributed by atoms with Crippen LogP contribution < -0.4 is 0 Å². The highest BCUT2D eigenvalue weighted by Gasteiger charge is 2.20. The molecule has 2 nitrogen and oxygen atoms in total. The smallest absolute Gasteiger partial charge is 0.183 e. The van der Waals surface area contributed by atoms with Gasteiger partial charge in [0.05, 0.1) is 6.26 Å². The van der Waals surface area contributed by atoms with E-state index < -0.39 is 8.32 Å². The maximum atomic E-state index is 5.99. The first kappa shape index (κ1) is 13.5. The third kappa shape index (κ3) is 4.99. The lowest BCUT2D eigenvalue weighted by Gasteiger charge is -2.22. The van der Waals surface area contributed by atoms with E-state index in [0.29, 0.717) is 5.92 Å². The Balaban J connectivity index is 2.51. The molecule has 92 valence electrons. The van der Waals surface area contributed by atoms with Gasteiger partial charge in [0, 0.05) is 12.5 Å². The summed E-state index contributed by atoms with van der Waals surface area (Å²) in [6.07, 6.45) is 5.38. The molecule has 0 bridgehead atoms. The second-order valence-electron chi connectivity index (χ2n) is 5.28. The first-order valence-corrected chi connectivity index (χ1v) is 9.61. The van der Waals surface area contributed by atoms with Crippen molar-refractivity contribution in [3.8, 4) is 0 Å². The summed E-state index contributed by atoms with van der Waals surface area (Å²) >= 11 is 0. The fourth-order valence-corrected chi connectivity index (χ4v) is 2.33. The third-order valence-corrected chi connectivity index (χ3v) is 3.60. The quantitative estimate of drug-likeness (QED) is 0.659. The predicted octanol–water partition coefficient (Wildman–Crippen LogP) is 4.40. The summed E-state index contributed by atoms with van der Waals surface area (Å²) in [6, 6.07) is 4.02. The molecular weight excluding hydrogens is 216 g/mol. The molecule has 1 rings (SSSR count). The monoisotopic (exact) mass is 240 g/mol. The van der Waals surface area contributed by atoms with E-state index in [9.17, 15) is 0 Å². The Morgan fingerprint density at radius 3 is 2.62 bits per heavy atom. The molecule has 1 unspecified atom stereocenters. The number of furan rings is 1. The lowest BCUT2D eigenvalue weighted by atomic mass is 10.0. The Kier molecular flexibility index (Phi) is 5.29. The first-order valence-electron chi connectivity index (χ1n) is 6.20. The van der Waals surface area contributed by atoms with E-state index in [1.165, 1.54) is 12.8 Å². The van der Waals surface area contributed by atoms with Gasteiger partial charge in [-0.25, -0.2) is 0 Å². The van der Waals surface area contributed by atoms with Crippen molar-refractivity contribution in [2.24, 2.45) is 0 Å². The SMILES string of the molecule is CCCCC(CO[Si](C)(C)C)c1ccco1. The summed E-state index contributed by atoms with van der Waals surface area (Å²) in [5.74, 6) is 1.51. The molecule has 1 atom stereocenters. The summed E-state index contributed by atoms with van der Waals surface area (Å²) in [5, 5.41) is 0. The van der Waals surface area contributed by atoms with Gasteiger partial charge in [-0.2, -0.15) is 0 Å². The number of unbranched alkanes of at least 4 members (excludes halogenated alkanes) is 1. The first-order chi connectivity index (χ1) is 7.53. The molecule has 3 heteroatoms. The molecular formula is C13H24O2Si. The number of rotatable bonds is 7. The molecule has 0 N–H and O–H groups in total. The van der Waals surface area contributed by atoms with Crippen molar-refractivity contribution in [3.05, 3.63) is 24.2 Å². The van der Waals surface area contributed by atoms with Gasteiger partial charge in [-0.05, 0) is 38.2 Å². The van der Waals surface area contributed by atoms with E-state index in [1.54, 1.807) is 6.26 Å². The molecule has 16 heavy (non-hydrogen) atoms. The normalized spacial score (nSPS) is 14.0. The van der Waals surface area contributed by atoms with Crippen LogP contribution in [0.2, 0.25) is 19.6 Å². The van der Waals surface area contributed by atoms with Crippen LogP contribution in [0.5, 0.6) is 0 Å². The minimum Gasteiger partial charge on any atom is -0.469 e. The van der Waals surface area contributed by atoms with Crippen LogP contribution in [-0.2, 0) is 4.43 Å². The average Bonchev–Trinajstić information content (AvgIpc) is 2.69. The molecule has 0 aliphatic rings. The van der Waals surface area contributed by atoms with Crippen LogP contribution in [0.1, 0.15) is 37.9 Å². The van der Waals surface area contributed by atoms with Crippen LogP contribution in [0, 0.1) is 0 Å². The largest absolute Gasteiger partial charge is 0.469 e. The standard InChI is InChI=1S/C13H24O2Si/c1-5-6-8-12(11-15-16(2,3)4)13-9-7-10-14-13/h7,9-10,12H,5-6,8,11H2,1-4H3. The highest BCUT2D eigenvalue weighted by atomic mass is 28.4. The molecule has 0 amide bonds. The Morgan fingerprint density at radius 1 is 1.38 bits per heavy atom. The van der Waals surface area contributed by atoms with Gasteiger partial charge in [0.15, 0.2) is 8.32 Å². The molecule has 0 saturated heterocycles. The van der Waals surface area contributed by atoms with Crippen molar-refractivity contribution in [1.29, 1.82) is 0 Å². The van der Waals surface area contributed by atoms with Gasteiger partial charge in [0.2, 0.25) is 0 Å². The molecule has 1 aromatic rings. The van der Waals surface area contributed by atoms with E-state index >= 15 is 0 Å². The summed E-state index contributed by atoms with van der Waals surface area (Å²) in [5.41, 5.74) is 0. The van der Waals surface area contributed by atoms with Crippen LogP contribution in [0.3, 0.4) is 0 Å². The Hall–Kier alpha value is -0.543. The predicted molar refractivity (Wildman–Crippen MR) is 70.3 cm³/mol. The van der Waals surface area contributed by atoms with Gasteiger partial charge in [0.25, 0.3) is 0 Å².